The van der Waals surface area contributed by atoms with Crippen LogP contribution in [-0.4, -0.2) is 49.1 Å². The van der Waals surface area contributed by atoms with E-state index in [0.29, 0.717) is 0 Å². The highest BCUT2D eigenvalue weighted by molar-refractivity contribution is 5.85. The van der Waals surface area contributed by atoms with Crippen molar-refractivity contribution in [2.45, 2.75) is 31.7 Å². The molecule has 0 aromatic carbocycles. The predicted octanol–water partition coefficient (Wildman–Crippen LogP) is 2.02. The maximum Gasteiger partial charge on any atom is 0.0223 e. The molecule has 14 heavy (non-hydrogen) atoms. The number of likely N-dealkylation sites (tertiary alicyclic amines) is 2. The highest BCUT2D eigenvalue weighted by Crippen LogP contribution is 2.19. The molecule has 2 fully saturated rings. The summed E-state index contributed by atoms with van der Waals surface area (Å²) in [5, 5.41) is 0. The van der Waals surface area contributed by atoms with E-state index in [9.17, 15) is 0 Å². The maximum absolute atomic E-state index is 2.69. The molecule has 0 bridgehead atoms. The van der Waals surface area contributed by atoms with Crippen molar-refractivity contribution in [2.75, 3.05) is 33.2 Å². The average Bonchev–Trinajstić information content (AvgIpc) is 2.56. The molecule has 0 amide bonds. The molecule has 0 saturated carbocycles. The van der Waals surface area contributed by atoms with E-state index in [-0.39, 0.29) is 24.8 Å². The first kappa shape index (κ1) is 14.5. The molecular formula is C10H22Cl2N2. The molecule has 2 nitrogen and oxygen atoms in total. The number of likely N-dealkylation sites (N-methyl/N-ethyl adjacent to an activating group) is 1. The summed E-state index contributed by atoms with van der Waals surface area (Å²) in [5.41, 5.74) is 0. The number of hydrogen-bond acceptors (Lipinski definition) is 2. The Bertz CT molecular complexity index is 149. The first-order valence-electron chi connectivity index (χ1n) is 5.29. The Hall–Kier alpha value is 0.500. The fraction of sp³-hybridized carbons (Fsp3) is 1.00. The quantitative estimate of drug-likeness (QED) is 0.693. The van der Waals surface area contributed by atoms with Crippen LogP contribution < -0.4 is 0 Å². The van der Waals surface area contributed by atoms with Gasteiger partial charge in [-0.15, -0.1) is 24.8 Å². The topological polar surface area (TPSA) is 6.48 Å². The number of nitrogens with zero attached hydrogens (tertiary/aromatic N) is 2. The molecule has 0 N–H and O–H groups in total. The zero-order chi connectivity index (χ0) is 8.39. The zero-order valence-electron chi connectivity index (χ0n) is 8.95. The molecule has 2 saturated heterocycles. The van der Waals surface area contributed by atoms with Gasteiger partial charge < -0.3 is 4.90 Å². The normalized spacial score (nSPS) is 29.4. The number of halogens is 2. The predicted molar refractivity (Wildman–Crippen MR) is 65.8 cm³/mol. The van der Waals surface area contributed by atoms with Crippen LogP contribution in [0.3, 0.4) is 0 Å². The molecule has 0 aromatic rings. The summed E-state index contributed by atoms with van der Waals surface area (Å²) in [6.07, 6.45) is 5.70. The molecule has 86 valence electrons. The van der Waals surface area contributed by atoms with Gasteiger partial charge in [-0.25, -0.2) is 0 Å². The number of hydrogen-bond donors (Lipinski definition) is 0. The second-order valence-corrected chi connectivity index (χ2v) is 4.30. The van der Waals surface area contributed by atoms with Gasteiger partial charge >= 0.3 is 0 Å². The van der Waals surface area contributed by atoms with Crippen LogP contribution in [0.5, 0.6) is 0 Å². The third-order valence-corrected chi connectivity index (χ3v) is 3.26. The van der Waals surface area contributed by atoms with Gasteiger partial charge in [0.05, 0.1) is 0 Å². The van der Waals surface area contributed by atoms with Crippen molar-refractivity contribution in [3.63, 3.8) is 0 Å². The minimum atomic E-state index is 0. The average molecular weight is 241 g/mol. The van der Waals surface area contributed by atoms with Gasteiger partial charge in [0.2, 0.25) is 0 Å². The first-order valence-corrected chi connectivity index (χ1v) is 5.29. The largest absolute Gasteiger partial charge is 0.305 e. The van der Waals surface area contributed by atoms with E-state index in [1.54, 1.807) is 0 Å². The van der Waals surface area contributed by atoms with Crippen LogP contribution in [0.15, 0.2) is 0 Å². The minimum Gasteiger partial charge on any atom is -0.305 e. The Kier molecular flexibility index (Phi) is 7.13. The first-order chi connectivity index (χ1) is 5.86. The Morgan fingerprint density at radius 1 is 0.929 bits per heavy atom. The van der Waals surface area contributed by atoms with E-state index in [1.165, 1.54) is 51.9 Å². The zero-order valence-corrected chi connectivity index (χ0v) is 10.6. The molecule has 1 atom stereocenters. The molecule has 2 aliphatic rings. The van der Waals surface area contributed by atoms with Gasteiger partial charge in [-0.3, -0.25) is 4.90 Å². The van der Waals surface area contributed by atoms with Crippen LogP contribution >= 0.6 is 24.8 Å². The summed E-state index contributed by atoms with van der Waals surface area (Å²) in [6.45, 7) is 5.33. The van der Waals surface area contributed by atoms with Crippen molar-refractivity contribution >= 4 is 24.8 Å². The van der Waals surface area contributed by atoms with Gasteiger partial charge in [0.1, 0.15) is 0 Å². The van der Waals surface area contributed by atoms with Crippen LogP contribution in [0, 0.1) is 0 Å². The van der Waals surface area contributed by atoms with Gasteiger partial charge in [0.15, 0.2) is 0 Å². The van der Waals surface area contributed by atoms with Crippen molar-refractivity contribution in [1.82, 2.24) is 9.80 Å². The fourth-order valence-corrected chi connectivity index (χ4v) is 2.54. The van der Waals surface area contributed by atoms with Gasteiger partial charge in [0, 0.05) is 12.6 Å². The number of piperidine rings is 1. The fourth-order valence-electron chi connectivity index (χ4n) is 2.54. The molecule has 0 aliphatic carbocycles. The summed E-state index contributed by atoms with van der Waals surface area (Å²) in [4.78, 5) is 5.17. The van der Waals surface area contributed by atoms with E-state index >= 15 is 0 Å². The third kappa shape index (κ3) is 3.58. The molecule has 0 aromatic heterocycles. The Morgan fingerprint density at radius 2 is 1.57 bits per heavy atom. The lowest BCUT2D eigenvalue weighted by molar-refractivity contribution is 0.134. The molecule has 0 radical (unpaired) electrons. The van der Waals surface area contributed by atoms with E-state index in [4.69, 9.17) is 0 Å². The lowest BCUT2D eigenvalue weighted by atomic mass is 10.1. The van der Waals surface area contributed by atoms with Crippen LogP contribution in [0.4, 0.5) is 0 Å². The summed E-state index contributed by atoms with van der Waals surface area (Å²) < 4.78 is 0. The maximum atomic E-state index is 2.69. The molecule has 2 rings (SSSR count). The molecule has 2 aliphatic heterocycles. The van der Waals surface area contributed by atoms with Crippen LogP contribution in [0.1, 0.15) is 25.7 Å². The van der Waals surface area contributed by atoms with E-state index in [1.807, 2.05) is 0 Å². The molecule has 1 unspecified atom stereocenters. The molecular weight excluding hydrogens is 219 g/mol. The SMILES string of the molecule is CN1CCCC(N2CCCC2)C1.Cl.Cl. The number of rotatable bonds is 1. The van der Waals surface area contributed by atoms with E-state index in [2.05, 4.69) is 16.8 Å². The molecule has 2 heterocycles. The summed E-state index contributed by atoms with van der Waals surface area (Å²) in [7, 11) is 2.25. The van der Waals surface area contributed by atoms with Crippen LogP contribution in [0.25, 0.3) is 0 Å². The van der Waals surface area contributed by atoms with Crippen molar-refractivity contribution < 1.29 is 0 Å². The highest BCUT2D eigenvalue weighted by atomic mass is 35.5. The van der Waals surface area contributed by atoms with Crippen LogP contribution in [0.2, 0.25) is 0 Å². The minimum absolute atomic E-state index is 0. The van der Waals surface area contributed by atoms with Crippen molar-refractivity contribution in [3.8, 4) is 0 Å². The van der Waals surface area contributed by atoms with Crippen molar-refractivity contribution in [3.05, 3.63) is 0 Å². The second-order valence-electron chi connectivity index (χ2n) is 4.30. The highest BCUT2D eigenvalue weighted by Gasteiger charge is 2.25. The summed E-state index contributed by atoms with van der Waals surface area (Å²) in [6, 6.07) is 0.881. The van der Waals surface area contributed by atoms with Gasteiger partial charge in [-0.05, 0) is 52.4 Å². The van der Waals surface area contributed by atoms with E-state index in [0.717, 1.165) is 6.04 Å². The Balaban J connectivity index is 0.000000845. The van der Waals surface area contributed by atoms with Crippen molar-refractivity contribution in [1.29, 1.82) is 0 Å². The van der Waals surface area contributed by atoms with Crippen molar-refractivity contribution in [2.24, 2.45) is 0 Å². The lowest BCUT2D eigenvalue weighted by Gasteiger charge is -2.35. The second kappa shape index (κ2) is 6.89. The monoisotopic (exact) mass is 240 g/mol. The Labute approximate surface area is 99.8 Å². The third-order valence-electron chi connectivity index (χ3n) is 3.26. The summed E-state index contributed by atoms with van der Waals surface area (Å²) in [5.74, 6) is 0. The van der Waals surface area contributed by atoms with Gasteiger partial charge in [0.25, 0.3) is 0 Å². The molecule has 0 spiro atoms. The molecule has 4 heteroatoms. The van der Waals surface area contributed by atoms with Gasteiger partial charge in [-0.1, -0.05) is 0 Å². The standard InChI is InChI=1S/C10H20N2.2ClH/c1-11-6-4-5-10(9-11)12-7-2-3-8-12;;/h10H,2-9H2,1H3;2*1H. The lowest BCUT2D eigenvalue weighted by Crippen LogP contribution is -2.45. The van der Waals surface area contributed by atoms with Gasteiger partial charge in [-0.2, -0.15) is 0 Å². The van der Waals surface area contributed by atoms with Crippen LogP contribution in [-0.2, 0) is 0 Å². The van der Waals surface area contributed by atoms with E-state index < -0.39 is 0 Å². The Morgan fingerprint density at radius 3 is 2.14 bits per heavy atom. The smallest absolute Gasteiger partial charge is 0.0223 e. The summed E-state index contributed by atoms with van der Waals surface area (Å²) >= 11 is 0.